The molecule has 0 saturated heterocycles. The molecular formula is C16H24N2O2. The number of anilines is 1. The smallest absolute Gasteiger partial charge is 0.226 e. The van der Waals surface area contributed by atoms with Crippen molar-refractivity contribution < 1.29 is 9.59 Å². The lowest BCUT2D eigenvalue weighted by Gasteiger charge is -2.22. The predicted octanol–water partition coefficient (Wildman–Crippen LogP) is 2.83. The highest BCUT2D eigenvalue weighted by atomic mass is 16.2. The summed E-state index contributed by atoms with van der Waals surface area (Å²) in [6, 6.07) is 7.67. The normalized spacial score (nSPS) is 10.4. The monoisotopic (exact) mass is 276 g/mol. The molecule has 0 aliphatic rings. The fourth-order valence-corrected chi connectivity index (χ4v) is 1.91. The number of hydrogen-bond donors (Lipinski definition) is 1. The third kappa shape index (κ3) is 5.87. The number of aryl methyl sites for hydroxylation is 1. The van der Waals surface area contributed by atoms with Crippen LogP contribution in [0.15, 0.2) is 24.3 Å². The fraction of sp³-hybridized carbons (Fsp3) is 0.500. The van der Waals surface area contributed by atoms with E-state index in [9.17, 15) is 9.59 Å². The van der Waals surface area contributed by atoms with Gasteiger partial charge in [0.15, 0.2) is 0 Å². The summed E-state index contributed by atoms with van der Waals surface area (Å²) in [7, 11) is 0. The SMILES string of the molecule is CC(=O)N(CCC(=O)Nc1ccc(C)cc1)CC(C)C. The Hall–Kier alpha value is -1.84. The zero-order valence-corrected chi connectivity index (χ0v) is 12.8. The van der Waals surface area contributed by atoms with E-state index in [4.69, 9.17) is 0 Å². The molecule has 0 radical (unpaired) electrons. The second-order valence-corrected chi connectivity index (χ2v) is 5.52. The summed E-state index contributed by atoms with van der Waals surface area (Å²) in [5.74, 6) is 0.352. The Kier molecular flexibility index (Phi) is 6.22. The predicted molar refractivity (Wildman–Crippen MR) is 81.5 cm³/mol. The van der Waals surface area contributed by atoms with Crippen LogP contribution in [0.5, 0.6) is 0 Å². The average molecular weight is 276 g/mol. The Morgan fingerprint density at radius 1 is 1.20 bits per heavy atom. The first-order valence-electron chi connectivity index (χ1n) is 7.00. The van der Waals surface area contributed by atoms with Gasteiger partial charge in [0.05, 0.1) is 0 Å². The van der Waals surface area contributed by atoms with E-state index < -0.39 is 0 Å². The molecule has 4 heteroatoms. The summed E-state index contributed by atoms with van der Waals surface area (Å²) in [5, 5.41) is 2.84. The van der Waals surface area contributed by atoms with Gasteiger partial charge < -0.3 is 10.2 Å². The lowest BCUT2D eigenvalue weighted by Crippen LogP contribution is -2.34. The highest BCUT2D eigenvalue weighted by Crippen LogP contribution is 2.09. The molecule has 0 atom stereocenters. The van der Waals surface area contributed by atoms with Gasteiger partial charge in [0, 0.05) is 32.1 Å². The molecule has 0 aliphatic carbocycles. The summed E-state index contributed by atoms with van der Waals surface area (Å²) in [6.07, 6.45) is 0.320. The van der Waals surface area contributed by atoms with Crippen molar-refractivity contribution in [3.05, 3.63) is 29.8 Å². The van der Waals surface area contributed by atoms with Crippen LogP contribution < -0.4 is 5.32 Å². The number of rotatable bonds is 6. The van der Waals surface area contributed by atoms with Crippen LogP contribution in [0.2, 0.25) is 0 Å². The fourth-order valence-electron chi connectivity index (χ4n) is 1.91. The molecule has 0 heterocycles. The Morgan fingerprint density at radius 3 is 2.30 bits per heavy atom. The van der Waals surface area contributed by atoms with Crippen molar-refractivity contribution >= 4 is 17.5 Å². The molecule has 1 aromatic rings. The molecule has 110 valence electrons. The molecule has 0 aromatic heterocycles. The van der Waals surface area contributed by atoms with Gasteiger partial charge in [-0.15, -0.1) is 0 Å². The highest BCUT2D eigenvalue weighted by Gasteiger charge is 2.12. The van der Waals surface area contributed by atoms with Gasteiger partial charge in [-0.05, 0) is 25.0 Å². The van der Waals surface area contributed by atoms with Crippen LogP contribution in [0.4, 0.5) is 5.69 Å². The van der Waals surface area contributed by atoms with E-state index in [1.165, 1.54) is 0 Å². The van der Waals surface area contributed by atoms with Gasteiger partial charge in [-0.1, -0.05) is 31.5 Å². The standard InChI is InChI=1S/C16H24N2O2/c1-12(2)11-18(14(4)19)10-9-16(20)17-15-7-5-13(3)6-8-15/h5-8,12H,9-11H2,1-4H3,(H,17,20). The van der Waals surface area contributed by atoms with Crippen molar-refractivity contribution in [1.29, 1.82) is 0 Å². The maximum Gasteiger partial charge on any atom is 0.226 e. The Labute approximate surface area is 121 Å². The first-order chi connectivity index (χ1) is 9.38. The van der Waals surface area contributed by atoms with Crippen LogP contribution in [0.3, 0.4) is 0 Å². The van der Waals surface area contributed by atoms with Gasteiger partial charge in [-0.25, -0.2) is 0 Å². The number of benzene rings is 1. The second-order valence-electron chi connectivity index (χ2n) is 5.52. The molecule has 20 heavy (non-hydrogen) atoms. The average Bonchev–Trinajstić information content (AvgIpc) is 2.36. The van der Waals surface area contributed by atoms with Crippen molar-refractivity contribution in [2.45, 2.75) is 34.1 Å². The Bertz CT molecular complexity index is 452. The first kappa shape index (κ1) is 16.2. The number of nitrogens with zero attached hydrogens (tertiary/aromatic N) is 1. The van der Waals surface area contributed by atoms with Gasteiger partial charge >= 0.3 is 0 Å². The van der Waals surface area contributed by atoms with Gasteiger partial charge in [-0.3, -0.25) is 9.59 Å². The summed E-state index contributed by atoms with van der Waals surface area (Å²) in [4.78, 5) is 25.1. The molecule has 1 aromatic carbocycles. The second kappa shape index (κ2) is 7.68. The molecule has 0 spiro atoms. The van der Waals surface area contributed by atoms with E-state index in [0.29, 0.717) is 25.4 Å². The van der Waals surface area contributed by atoms with Crippen LogP contribution >= 0.6 is 0 Å². The zero-order valence-electron chi connectivity index (χ0n) is 12.8. The van der Waals surface area contributed by atoms with E-state index in [2.05, 4.69) is 19.2 Å². The van der Waals surface area contributed by atoms with Crippen LogP contribution in [0.25, 0.3) is 0 Å². The largest absolute Gasteiger partial charge is 0.342 e. The van der Waals surface area contributed by atoms with Crippen molar-refractivity contribution in [3.63, 3.8) is 0 Å². The third-order valence-corrected chi connectivity index (χ3v) is 2.97. The highest BCUT2D eigenvalue weighted by molar-refractivity contribution is 5.91. The van der Waals surface area contributed by atoms with Crippen LogP contribution in [0.1, 0.15) is 32.8 Å². The van der Waals surface area contributed by atoms with Crippen molar-refractivity contribution in [2.75, 3.05) is 18.4 Å². The summed E-state index contributed by atoms with van der Waals surface area (Å²) in [6.45, 7) is 8.81. The third-order valence-electron chi connectivity index (χ3n) is 2.97. The Morgan fingerprint density at radius 2 is 1.80 bits per heavy atom. The van der Waals surface area contributed by atoms with Crippen LogP contribution in [-0.4, -0.2) is 29.8 Å². The molecular weight excluding hydrogens is 252 g/mol. The lowest BCUT2D eigenvalue weighted by atomic mass is 10.2. The minimum atomic E-state index is -0.0659. The number of amides is 2. The van der Waals surface area contributed by atoms with E-state index in [0.717, 1.165) is 11.3 Å². The molecule has 0 saturated carbocycles. The van der Waals surface area contributed by atoms with Gasteiger partial charge in [-0.2, -0.15) is 0 Å². The van der Waals surface area contributed by atoms with Gasteiger partial charge in [0.2, 0.25) is 11.8 Å². The first-order valence-corrected chi connectivity index (χ1v) is 7.00. The van der Waals surface area contributed by atoms with Crippen molar-refractivity contribution in [3.8, 4) is 0 Å². The van der Waals surface area contributed by atoms with Crippen LogP contribution in [0, 0.1) is 12.8 Å². The number of carbonyl (C=O) groups is 2. The number of hydrogen-bond acceptors (Lipinski definition) is 2. The minimum Gasteiger partial charge on any atom is -0.342 e. The summed E-state index contributed by atoms with van der Waals surface area (Å²) in [5.41, 5.74) is 1.95. The summed E-state index contributed by atoms with van der Waals surface area (Å²) < 4.78 is 0. The lowest BCUT2D eigenvalue weighted by molar-refractivity contribution is -0.129. The molecule has 0 unspecified atom stereocenters. The van der Waals surface area contributed by atoms with Gasteiger partial charge in [0.1, 0.15) is 0 Å². The maximum absolute atomic E-state index is 11.9. The van der Waals surface area contributed by atoms with Crippen LogP contribution in [-0.2, 0) is 9.59 Å². The molecule has 0 bridgehead atoms. The van der Waals surface area contributed by atoms with E-state index >= 15 is 0 Å². The molecule has 0 aliphatic heterocycles. The molecule has 0 fully saturated rings. The maximum atomic E-state index is 11.9. The van der Waals surface area contributed by atoms with E-state index in [-0.39, 0.29) is 11.8 Å². The van der Waals surface area contributed by atoms with Crippen molar-refractivity contribution in [1.82, 2.24) is 4.90 Å². The van der Waals surface area contributed by atoms with Crippen molar-refractivity contribution in [2.24, 2.45) is 5.92 Å². The quantitative estimate of drug-likeness (QED) is 0.868. The molecule has 1 N–H and O–H groups in total. The van der Waals surface area contributed by atoms with E-state index in [1.54, 1.807) is 11.8 Å². The number of nitrogens with one attached hydrogen (secondary N) is 1. The zero-order chi connectivity index (χ0) is 15.1. The molecule has 2 amide bonds. The summed E-state index contributed by atoms with van der Waals surface area (Å²) >= 11 is 0. The number of carbonyl (C=O) groups excluding carboxylic acids is 2. The molecule has 4 nitrogen and oxygen atoms in total. The molecule has 1 rings (SSSR count). The van der Waals surface area contributed by atoms with Gasteiger partial charge in [0.25, 0.3) is 0 Å². The minimum absolute atomic E-state index is 0.0156. The Balaban J connectivity index is 2.45. The van der Waals surface area contributed by atoms with E-state index in [1.807, 2.05) is 31.2 Å². The topological polar surface area (TPSA) is 49.4 Å².